The molecule has 4 atom stereocenters. The summed E-state index contributed by atoms with van der Waals surface area (Å²) < 4.78 is 46.9. The van der Waals surface area contributed by atoms with Gasteiger partial charge in [0.1, 0.15) is 11.4 Å². The second kappa shape index (κ2) is 7.89. The highest BCUT2D eigenvalue weighted by atomic mass is 19.4. The molecule has 5 nitrogen and oxygen atoms in total. The second-order valence-electron chi connectivity index (χ2n) is 9.38. The van der Waals surface area contributed by atoms with Crippen molar-refractivity contribution in [3.05, 3.63) is 35.7 Å². The summed E-state index contributed by atoms with van der Waals surface area (Å²) in [5.41, 5.74) is 1.08. The molecule has 0 aromatic carbocycles. The van der Waals surface area contributed by atoms with Crippen LogP contribution in [-0.2, 0) is 10.9 Å². The molecule has 0 spiro atoms. The van der Waals surface area contributed by atoms with E-state index in [1.54, 1.807) is 6.07 Å². The highest BCUT2D eigenvalue weighted by Gasteiger charge is 2.58. The normalized spacial score (nSPS) is 29.2. The Labute approximate surface area is 180 Å². The van der Waals surface area contributed by atoms with Crippen molar-refractivity contribution in [3.8, 4) is 11.4 Å². The lowest BCUT2D eigenvalue weighted by Gasteiger charge is -2.28. The molecule has 31 heavy (non-hydrogen) atoms. The van der Waals surface area contributed by atoms with E-state index in [0.717, 1.165) is 44.5 Å². The fraction of sp³-hybridized carbons (Fsp3) is 0.652. The molecule has 1 aliphatic heterocycles. The minimum Gasteiger partial charge on any atom is -0.380 e. The standard InChI is InChI=1S/C23H29F3N4O/c1-14(2)30-20(13-19(28-30)18-5-3-6-21(27-18)23(24,25)26)22-16-11-15(12-17(16)22)29-7-4-9-31-10-8-29/h3,5-6,13-17,22H,4,7-12H2,1-2H3/t15?,16-,17+,22?. The van der Waals surface area contributed by atoms with Crippen LogP contribution in [0.2, 0.25) is 0 Å². The molecule has 2 aromatic heterocycles. The summed E-state index contributed by atoms with van der Waals surface area (Å²) in [6, 6.07) is 6.77. The molecule has 3 heterocycles. The van der Waals surface area contributed by atoms with Gasteiger partial charge in [0.2, 0.25) is 0 Å². The summed E-state index contributed by atoms with van der Waals surface area (Å²) in [6.45, 7) is 7.95. The number of fused-ring (bicyclic) bond motifs is 1. The first-order valence-corrected chi connectivity index (χ1v) is 11.3. The molecule has 2 aromatic rings. The predicted octanol–water partition coefficient (Wildman–Crippen LogP) is 4.76. The molecule has 168 valence electrons. The van der Waals surface area contributed by atoms with Crippen molar-refractivity contribution >= 4 is 0 Å². The van der Waals surface area contributed by atoms with Crippen LogP contribution in [0.5, 0.6) is 0 Å². The molecule has 0 bridgehead atoms. The predicted molar refractivity (Wildman–Crippen MR) is 111 cm³/mol. The van der Waals surface area contributed by atoms with Crippen molar-refractivity contribution in [1.82, 2.24) is 19.7 Å². The van der Waals surface area contributed by atoms with Crippen molar-refractivity contribution in [2.24, 2.45) is 11.8 Å². The Hall–Kier alpha value is -1.93. The molecule has 2 aliphatic carbocycles. The van der Waals surface area contributed by atoms with Gasteiger partial charge in [-0.2, -0.15) is 18.3 Å². The zero-order chi connectivity index (χ0) is 21.8. The topological polar surface area (TPSA) is 43.2 Å². The molecule has 3 fully saturated rings. The largest absolute Gasteiger partial charge is 0.433 e. The first kappa shape index (κ1) is 20.9. The maximum absolute atomic E-state index is 13.1. The first-order valence-electron chi connectivity index (χ1n) is 11.3. The molecule has 8 heteroatoms. The number of halogens is 3. The van der Waals surface area contributed by atoms with Crippen molar-refractivity contribution < 1.29 is 17.9 Å². The van der Waals surface area contributed by atoms with Crippen LogP contribution in [0.15, 0.2) is 24.3 Å². The Morgan fingerprint density at radius 3 is 2.55 bits per heavy atom. The van der Waals surface area contributed by atoms with Crippen LogP contribution >= 0.6 is 0 Å². The summed E-state index contributed by atoms with van der Waals surface area (Å²) in [7, 11) is 0. The van der Waals surface area contributed by atoms with Gasteiger partial charge in [0.25, 0.3) is 0 Å². The second-order valence-corrected chi connectivity index (χ2v) is 9.38. The molecule has 0 amide bonds. The van der Waals surface area contributed by atoms with Crippen molar-refractivity contribution in [2.45, 2.75) is 57.3 Å². The van der Waals surface area contributed by atoms with Gasteiger partial charge in [0, 0.05) is 43.4 Å². The molecular weight excluding hydrogens is 405 g/mol. The summed E-state index contributed by atoms with van der Waals surface area (Å²) in [6.07, 6.45) is -0.978. The smallest absolute Gasteiger partial charge is 0.380 e. The molecule has 1 saturated heterocycles. The number of ether oxygens (including phenoxy) is 1. The lowest BCUT2D eigenvalue weighted by molar-refractivity contribution is -0.141. The van der Waals surface area contributed by atoms with Gasteiger partial charge in [0.05, 0.1) is 12.3 Å². The molecule has 2 saturated carbocycles. The van der Waals surface area contributed by atoms with Crippen LogP contribution in [0, 0.1) is 11.8 Å². The van der Waals surface area contributed by atoms with Gasteiger partial charge in [-0.25, -0.2) is 4.98 Å². The quantitative estimate of drug-likeness (QED) is 0.696. The molecule has 2 unspecified atom stereocenters. The van der Waals surface area contributed by atoms with E-state index in [9.17, 15) is 13.2 Å². The third kappa shape index (κ3) is 4.00. The van der Waals surface area contributed by atoms with Crippen molar-refractivity contribution in [2.75, 3.05) is 26.3 Å². The monoisotopic (exact) mass is 434 g/mol. The first-order chi connectivity index (χ1) is 14.8. The average molecular weight is 435 g/mol. The minimum absolute atomic E-state index is 0.148. The maximum atomic E-state index is 13.1. The zero-order valence-corrected chi connectivity index (χ0v) is 18.0. The lowest BCUT2D eigenvalue weighted by Crippen LogP contribution is -2.36. The van der Waals surface area contributed by atoms with Gasteiger partial charge in [-0.05, 0) is 63.1 Å². The zero-order valence-electron chi connectivity index (χ0n) is 18.0. The Morgan fingerprint density at radius 1 is 1.06 bits per heavy atom. The summed E-state index contributed by atoms with van der Waals surface area (Å²) >= 11 is 0. The van der Waals surface area contributed by atoms with Gasteiger partial charge < -0.3 is 4.74 Å². The van der Waals surface area contributed by atoms with E-state index < -0.39 is 11.9 Å². The highest BCUT2D eigenvalue weighted by molar-refractivity contribution is 5.55. The number of nitrogens with zero attached hydrogens (tertiary/aromatic N) is 4. The van der Waals surface area contributed by atoms with E-state index in [2.05, 4.69) is 28.8 Å². The number of hydrogen-bond acceptors (Lipinski definition) is 4. The number of pyridine rings is 1. The highest BCUT2D eigenvalue weighted by Crippen LogP contribution is 2.64. The van der Waals surface area contributed by atoms with Crippen LogP contribution in [0.25, 0.3) is 11.4 Å². The molecule has 0 radical (unpaired) electrons. The number of alkyl halides is 3. The fourth-order valence-corrected chi connectivity index (χ4v) is 5.61. The SMILES string of the molecule is CC(C)n1nc(-c2cccc(C(F)(F)F)n2)cc1C1[C@H]2CC(N3CCCOCC3)C[C@@H]12. The summed E-state index contributed by atoms with van der Waals surface area (Å²) in [5.74, 6) is 1.74. The minimum atomic E-state index is -4.46. The van der Waals surface area contributed by atoms with Gasteiger partial charge in [-0.3, -0.25) is 9.58 Å². The summed E-state index contributed by atoms with van der Waals surface area (Å²) in [4.78, 5) is 6.43. The molecule has 3 aliphatic rings. The number of aromatic nitrogens is 3. The van der Waals surface area contributed by atoms with E-state index in [1.165, 1.54) is 18.9 Å². The third-order valence-corrected chi connectivity index (χ3v) is 7.09. The van der Waals surface area contributed by atoms with Crippen LogP contribution in [0.3, 0.4) is 0 Å². The van der Waals surface area contributed by atoms with E-state index in [-0.39, 0.29) is 11.7 Å². The van der Waals surface area contributed by atoms with E-state index in [0.29, 0.717) is 29.5 Å². The number of hydrogen-bond donors (Lipinski definition) is 0. The van der Waals surface area contributed by atoms with Gasteiger partial charge in [0.15, 0.2) is 0 Å². The molecule has 5 rings (SSSR count). The van der Waals surface area contributed by atoms with Gasteiger partial charge in [-0.1, -0.05) is 6.07 Å². The summed E-state index contributed by atoms with van der Waals surface area (Å²) in [5, 5.41) is 4.67. The third-order valence-electron chi connectivity index (χ3n) is 7.09. The van der Waals surface area contributed by atoms with Gasteiger partial charge >= 0.3 is 6.18 Å². The number of rotatable bonds is 4. The van der Waals surface area contributed by atoms with Crippen LogP contribution in [-0.4, -0.2) is 52.0 Å². The van der Waals surface area contributed by atoms with Crippen LogP contribution in [0.1, 0.15) is 56.5 Å². The lowest BCUT2D eigenvalue weighted by atomic mass is 10.0. The van der Waals surface area contributed by atoms with Gasteiger partial charge in [-0.15, -0.1) is 0 Å². The van der Waals surface area contributed by atoms with E-state index in [1.807, 2.05) is 10.7 Å². The van der Waals surface area contributed by atoms with E-state index in [4.69, 9.17) is 4.74 Å². The Bertz CT molecular complexity index is 921. The van der Waals surface area contributed by atoms with Crippen LogP contribution < -0.4 is 0 Å². The Morgan fingerprint density at radius 2 is 1.84 bits per heavy atom. The Balaban J connectivity index is 1.35. The average Bonchev–Trinajstić information content (AvgIpc) is 3.07. The maximum Gasteiger partial charge on any atom is 0.433 e. The molecular formula is C23H29F3N4O. The van der Waals surface area contributed by atoms with Crippen molar-refractivity contribution in [1.29, 1.82) is 0 Å². The molecule has 0 N–H and O–H groups in total. The van der Waals surface area contributed by atoms with E-state index >= 15 is 0 Å². The van der Waals surface area contributed by atoms with Crippen molar-refractivity contribution in [3.63, 3.8) is 0 Å². The Kier molecular flexibility index (Phi) is 5.33. The fourth-order valence-electron chi connectivity index (χ4n) is 5.61. The van der Waals surface area contributed by atoms with Crippen LogP contribution in [0.4, 0.5) is 13.2 Å².